The van der Waals surface area contributed by atoms with E-state index in [0.29, 0.717) is 0 Å². The van der Waals surface area contributed by atoms with E-state index in [1.807, 2.05) is 0 Å². The van der Waals surface area contributed by atoms with Gasteiger partial charge < -0.3 is 10.4 Å². The van der Waals surface area contributed by atoms with E-state index in [-0.39, 0.29) is 17.2 Å². The number of fused-ring (bicyclic) bond motifs is 1. The zero-order valence-corrected chi connectivity index (χ0v) is 8.21. The molecule has 0 aliphatic carbocycles. The van der Waals surface area contributed by atoms with E-state index in [2.05, 4.69) is 20.4 Å². The van der Waals surface area contributed by atoms with E-state index in [0.717, 1.165) is 10.7 Å². The van der Waals surface area contributed by atoms with Crippen LogP contribution in [0.1, 0.15) is 17.3 Å². The number of hydrogen-bond donors (Lipinski definition) is 2. The summed E-state index contributed by atoms with van der Waals surface area (Å²) in [7, 11) is 0. The Morgan fingerprint density at radius 3 is 2.81 bits per heavy atom. The number of nitrogens with one attached hydrogen (secondary N) is 1. The number of aromatic carboxylic acids is 1. The number of amides is 1. The summed E-state index contributed by atoms with van der Waals surface area (Å²) in [4.78, 5) is 29.5. The lowest BCUT2D eigenvalue weighted by atomic mass is 10.3. The van der Waals surface area contributed by atoms with E-state index >= 15 is 0 Å². The van der Waals surface area contributed by atoms with E-state index in [1.165, 1.54) is 13.3 Å². The summed E-state index contributed by atoms with van der Waals surface area (Å²) in [6, 6.07) is 0. The number of carbonyl (C=O) groups is 2. The minimum absolute atomic E-state index is 0.0440. The van der Waals surface area contributed by atoms with E-state index in [4.69, 9.17) is 5.11 Å². The Bertz CT molecular complexity index is 576. The van der Waals surface area contributed by atoms with Crippen molar-refractivity contribution in [3.05, 3.63) is 18.1 Å². The minimum Gasteiger partial charge on any atom is -0.477 e. The highest BCUT2D eigenvalue weighted by molar-refractivity contribution is 5.98. The molecule has 0 saturated carbocycles. The number of carboxylic acid groups (broad SMARTS) is 1. The third-order valence-electron chi connectivity index (χ3n) is 1.83. The number of carboxylic acids is 1. The molecule has 0 fully saturated rings. The molecule has 0 atom stereocenters. The van der Waals surface area contributed by atoms with E-state index in [9.17, 15) is 9.59 Å². The number of hydrogen-bond acceptors (Lipinski definition) is 5. The van der Waals surface area contributed by atoms with Gasteiger partial charge in [0.05, 0.1) is 0 Å². The predicted molar refractivity (Wildman–Crippen MR) is 52.0 cm³/mol. The zero-order valence-electron chi connectivity index (χ0n) is 8.21. The Morgan fingerprint density at radius 2 is 2.19 bits per heavy atom. The average molecular weight is 221 g/mol. The highest BCUT2D eigenvalue weighted by Crippen LogP contribution is 2.14. The fraction of sp³-hybridized carbons (Fsp3) is 0.125. The molecule has 0 saturated heterocycles. The SMILES string of the molecule is CC(=O)Nc1c(C(=O)O)cnc2ncnn12. The van der Waals surface area contributed by atoms with Crippen LogP contribution in [0.4, 0.5) is 5.82 Å². The molecule has 0 aromatic carbocycles. The van der Waals surface area contributed by atoms with Gasteiger partial charge in [0.1, 0.15) is 11.9 Å². The normalized spacial score (nSPS) is 10.3. The maximum absolute atomic E-state index is 11.0. The molecular formula is C8H7N5O3. The van der Waals surface area contributed by atoms with Gasteiger partial charge in [-0.05, 0) is 0 Å². The number of nitrogens with zero attached hydrogens (tertiary/aromatic N) is 4. The van der Waals surface area contributed by atoms with Gasteiger partial charge in [-0.15, -0.1) is 0 Å². The van der Waals surface area contributed by atoms with Crippen LogP contribution in [0.15, 0.2) is 12.5 Å². The molecule has 8 nitrogen and oxygen atoms in total. The van der Waals surface area contributed by atoms with Gasteiger partial charge in [-0.2, -0.15) is 14.6 Å². The van der Waals surface area contributed by atoms with Crippen LogP contribution in [0.25, 0.3) is 5.78 Å². The Kier molecular flexibility index (Phi) is 2.24. The standard InChI is InChI=1S/C8H7N5O3/c1-4(14)12-6-5(7(15)16)2-9-8-10-3-11-13(6)8/h2-3H,1H3,(H,12,14)(H,15,16). The molecule has 1 amide bonds. The number of anilines is 1. The molecule has 0 spiro atoms. The van der Waals surface area contributed by atoms with Crippen molar-refractivity contribution < 1.29 is 14.7 Å². The summed E-state index contributed by atoms with van der Waals surface area (Å²) >= 11 is 0. The van der Waals surface area contributed by atoms with Gasteiger partial charge in [0, 0.05) is 13.1 Å². The fourth-order valence-corrected chi connectivity index (χ4v) is 1.22. The molecule has 0 radical (unpaired) electrons. The van der Waals surface area contributed by atoms with Crippen molar-refractivity contribution in [3.8, 4) is 0 Å². The van der Waals surface area contributed by atoms with Crippen LogP contribution >= 0.6 is 0 Å². The molecule has 2 heterocycles. The second-order valence-corrected chi connectivity index (χ2v) is 2.98. The first-order chi connectivity index (χ1) is 7.59. The lowest BCUT2D eigenvalue weighted by Crippen LogP contribution is -2.16. The van der Waals surface area contributed by atoms with Gasteiger partial charge in [0.25, 0.3) is 5.78 Å². The molecule has 0 bridgehead atoms. The van der Waals surface area contributed by atoms with Gasteiger partial charge in [-0.3, -0.25) is 4.79 Å². The number of carbonyl (C=O) groups excluding carboxylic acids is 1. The van der Waals surface area contributed by atoms with Gasteiger partial charge in [0.2, 0.25) is 5.91 Å². The molecule has 2 rings (SSSR count). The predicted octanol–water partition coefficient (Wildman–Crippen LogP) is -0.219. The minimum atomic E-state index is -1.20. The molecule has 2 N–H and O–H groups in total. The molecule has 16 heavy (non-hydrogen) atoms. The first kappa shape index (κ1) is 10.0. The van der Waals surface area contributed by atoms with E-state index in [1.54, 1.807) is 0 Å². The number of rotatable bonds is 2. The third-order valence-corrected chi connectivity index (χ3v) is 1.83. The van der Waals surface area contributed by atoms with Crippen LogP contribution in [-0.4, -0.2) is 36.6 Å². The molecule has 0 unspecified atom stereocenters. The molecule has 8 heteroatoms. The second kappa shape index (κ2) is 3.57. The molecule has 2 aromatic heterocycles. The highest BCUT2D eigenvalue weighted by atomic mass is 16.4. The van der Waals surface area contributed by atoms with Crippen molar-refractivity contribution >= 4 is 23.5 Å². The summed E-state index contributed by atoms with van der Waals surface area (Å²) in [6.45, 7) is 1.27. The van der Waals surface area contributed by atoms with Crippen molar-refractivity contribution in [1.29, 1.82) is 0 Å². The van der Waals surface area contributed by atoms with Crippen molar-refractivity contribution in [3.63, 3.8) is 0 Å². The largest absolute Gasteiger partial charge is 0.477 e. The lowest BCUT2D eigenvalue weighted by molar-refractivity contribution is -0.114. The maximum atomic E-state index is 11.0. The maximum Gasteiger partial charge on any atom is 0.341 e. The Hall–Kier alpha value is -2.51. The van der Waals surface area contributed by atoms with Crippen molar-refractivity contribution in [1.82, 2.24) is 19.6 Å². The topological polar surface area (TPSA) is 109 Å². The highest BCUT2D eigenvalue weighted by Gasteiger charge is 2.16. The van der Waals surface area contributed by atoms with Crippen molar-refractivity contribution in [2.24, 2.45) is 0 Å². The van der Waals surface area contributed by atoms with Crippen LogP contribution in [0, 0.1) is 0 Å². The van der Waals surface area contributed by atoms with Crippen LogP contribution < -0.4 is 5.32 Å². The molecule has 2 aromatic rings. The molecule has 0 aliphatic rings. The van der Waals surface area contributed by atoms with Gasteiger partial charge in [0.15, 0.2) is 5.82 Å². The van der Waals surface area contributed by atoms with Crippen LogP contribution in [0.3, 0.4) is 0 Å². The van der Waals surface area contributed by atoms with Gasteiger partial charge >= 0.3 is 5.97 Å². The monoisotopic (exact) mass is 221 g/mol. The summed E-state index contributed by atoms with van der Waals surface area (Å²) in [5.74, 6) is -1.34. The summed E-state index contributed by atoms with van der Waals surface area (Å²) < 4.78 is 1.16. The first-order valence-corrected chi connectivity index (χ1v) is 4.29. The van der Waals surface area contributed by atoms with Crippen LogP contribution in [0.2, 0.25) is 0 Å². The summed E-state index contributed by atoms with van der Waals surface area (Å²) in [5.41, 5.74) is -0.145. The van der Waals surface area contributed by atoms with Crippen LogP contribution in [0.5, 0.6) is 0 Å². The fourth-order valence-electron chi connectivity index (χ4n) is 1.22. The Balaban J connectivity index is 2.70. The third kappa shape index (κ3) is 1.56. The Labute approximate surface area is 88.9 Å². The van der Waals surface area contributed by atoms with Crippen molar-refractivity contribution in [2.75, 3.05) is 5.32 Å². The van der Waals surface area contributed by atoms with Crippen molar-refractivity contribution in [2.45, 2.75) is 6.92 Å². The second-order valence-electron chi connectivity index (χ2n) is 2.98. The average Bonchev–Trinajstić information content (AvgIpc) is 2.64. The smallest absolute Gasteiger partial charge is 0.341 e. The molecule has 82 valence electrons. The van der Waals surface area contributed by atoms with Crippen LogP contribution in [-0.2, 0) is 4.79 Å². The zero-order chi connectivity index (χ0) is 11.7. The summed E-state index contributed by atoms with van der Waals surface area (Å²) in [6.07, 6.45) is 2.34. The van der Waals surface area contributed by atoms with E-state index < -0.39 is 11.9 Å². The molecule has 0 aliphatic heterocycles. The molecular weight excluding hydrogens is 214 g/mol. The Morgan fingerprint density at radius 1 is 1.44 bits per heavy atom. The quantitative estimate of drug-likeness (QED) is 0.725. The van der Waals surface area contributed by atoms with Gasteiger partial charge in [-0.1, -0.05) is 0 Å². The summed E-state index contributed by atoms with van der Waals surface area (Å²) in [5, 5.41) is 15.1. The van der Waals surface area contributed by atoms with Gasteiger partial charge in [-0.25, -0.2) is 9.78 Å². The lowest BCUT2D eigenvalue weighted by Gasteiger charge is -2.06. The first-order valence-electron chi connectivity index (χ1n) is 4.29. The number of aromatic nitrogens is 4.